The molecular weight excluding hydrogens is 412 g/mol. The van der Waals surface area contributed by atoms with Crippen LogP contribution < -0.4 is 15.6 Å². The maximum absolute atomic E-state index is 12.6. The average Bonchev–Trinajstić information content (AvgIpc) is 2.80. The zero-order chi connectivity index (χ0) is 23.3. The molecule has 9 nitrogen and oxygen atoms in total. The maximum atomic E-state index is 12.6. The number of hydrogen-bond donors (Lipinski definition) is 2. The first kappa shape index (κ1) is 23.3. The highest BCUT2D eigenvalue weighted by Crippen LogP contribution is 2.26. The fourth-order valence-electron chi connectivity index (χ4n) is 4.07. The fraction of sp³-hybridized carbons (Fsp3) is 0.478. The molecule has 1 aromatic heterocycles. The highest BCUT2D eigenvalue weighted by atomic mass is 16.5. The molecule has 2 amide bonds. The van der Waals surface area contributed by atoms with Crippen molar-refractivity contribution in [2.75, 3.05) is 14.2 Å². The molecule has 0 unspecified atom stereocenters. The number of methoxy groups -OCH3 is 1. The minimum Gasteiger partial charge on any atom is -0.494 e. The maximum Gasteiger partial charge on any atom is 0.326 e. The number of hydrogen-bond acceptors (Lipinski definition) is 5. The summed E-state index contributed by atoms with van der Waals surface area (Å²) in [7, 11) is 4.75. The third-order valence-electron chi connectivity index (χ3n) is 6.04. The number of nitrogens with one attached hydrogen (secondary N) is 1. The molecule has 1 aliphatic rings. The van der Waals surface area contributed by atoms with Gasteiger partial charge in [-0.1, -0.05) is 43.5 Å². The van der Waals surface area contributed by atoms with Crippen LogP contribution in [-0.4, -0.2) is 58.0 Å². The molecule has 1 aromatic carbocycles. The molecule has 1 fully saturated rings. The van der Waals surface area contributed by atoms with Gasteiger partial charge in [0.05, 0.1) is 18.9 Å². The first-order valence-electron chi connectivity index (χ1n) is 10.8. The average molecular weight is 443 g/mol. The minimum absolute atomic E-state index is 0.130. The zero-order valence-corrected chi connectivity index (χ0v) is 18.7. The van der Waals surface area contributed by atoms with Gasteiger partial charge in [-0.3, -0.25) is 4.79 Å². The molecule has 1 atom stereocenters. The molecule has 32 heavy (non-hydrogen) atoms. The van der Waals surface area contributed by atoms with E-state index in [0.717, 1.165) is 31.2 Å². The Balaban J connectivity index is 1.73. The summed E-state index contributed by atoms with van der Waals surface area (Å²) in [5.74, 6) is -0.730. The Labute approximate surface area is 187 Å². The van der Waals surface area contributed by atoms with Crippen molar-refractivity contribution in [1.82, 2.24) is 20.0 Å². The van der Waals surface area contributed by atoms with Gasteiger partial charge in [-0.15, -0.1) is 0 Å². The summed E-state index contributed by atoms with van der Waals surface area (Å²) in [6.07, 6.45) is 6.85. The second kappa shape index (κ2) is 10.3. The van der Waals surface area contributed by atoms with Crippen LogP contribution in [0.3, 0.4) is 0 Å². The molecule has 2 aromatic rings. The number of urea groups is 1. The quantitative estimate of drug-likeness (QED) is 0.681. The predicted molar refractivity (Wildman–Crippen MR) is 120 cm³/mol. The molecule has 0 radical (unpaired) electrons. The number of aromatic nitrogens is 2. The molecule has 0 bridgehead atoms. The molecule has 172 valence electrons. The van der Waals surface area contributed by atoms with Crippen molar-refractivity contribution < 1.29 is 19.4 Å². The van der Waals surface area contributed by atoms with Gasteiger partial charge in [0.25, 0.3) is 5.56 Å². The largest absolute Gasteiger partial charge is 0.494 e. The number of carbonyl (C=O) groups excluding carboxylic acids is 1. The van der Waals surface area contributed by atoms with Crippen LogP contribution in [0, 0.1) is 0 Å². The third kappa shape index (κ3) is 5.27. The fourth-order valence-corrected chi connectivity index (χ4v) is 4.07. The van der Waals surface area contributed by atoms with E-state index in [2.05, 4.69) is 10.4 Å². The van der Waals surface area contributed by atoms with E-state index >= 15 is 0 Å². The number of carbonyl (C=O) groups is 2. The molecule has 0 aliphatic heterocycles. The number of aryl methyl sites for hydroxylation is 1. The molecule has 9 heteroatoms. The topological polar surface area (TPSA) is 114 Å². The summed E-state index contributed by atoms with van der Waals surface area (Å²) < 4.78 is 6.50. The summed E-state index contributed by atoms with van der Waals surface area (Å²) in [6, 6.07) is 5.71. The molecule has 2 N–H and O–H groups in total. The van der Waals surface area contributed by atoms with Gasteiger partial charge in [0.1, 0.15) is 6.04 Å². The molecule has 1 saturated carbocycles. The van der Waals surface area contributed by atoms with Gasteiger partial charge >= 0.3 is 12.0 Å². The first-order valence-corrected chi connectivity index (χ1v) is 10.8. The van der Waals surface area contributed by atoms with E-state index < -0.39 is 12.0 Å². The van der Waals surface area contributed by atoms with Crippen LogP contribution in [0.2, 0.25) is 0 Å². The summed E-state index contributed by atoms with van der Waals surface area (Å²) in [6.45, 7) is 0. The van der Waals surface area contributed by atoms with Gasteiger partial charge in [0.15, 0.2) is 5.75 Å². The van der Waals surface area contributed by atoms with Crippen molar-refractivity contribution in [2.24, 2.45) is 7.05 Å². The van der Waals surface area contributed by atoms with Gasteiger partial charge in [0.2, 0.25) is 0 Å². The Morgan fingerprint density at radius 3 is 2.50 bits per heavy atom. The number of amides is 2. The van der Waals surface area contributed by atoms with Crippen LogP contribution >= 0.6 is 0 Å². The lowest BCUT2D eigenvalue weighted by Crippen LogP contribution is -2.50. The van der Waals surface area contributed by atoms with Crippen LogP contribution in [0.1, 0.15) is 37.7 Å². The van der Waals surface area contributed by atoms with E-state index in [1.807, 2.05) is 0 Å². The summed E-state index contributed by atoms with van der Waals surface area (Å²) in [5, 5.41) is 16.2. The van der Waals surface area contributed by atoms with Crippen LogP contribution in [0.15, 0.2) is 35.3 Å². The number of ether oxygens (including phenoxy) is 1. The Kier molecular flexibility index (Phi) is 7.50. The molecule has 0 spiro atoms. The van der Waals surface area contributed by atoms with Crippen molar-refractivity contribution in [3.05, 3.63) is 46.4 Å². The van der Waals surface area contributed by atoms with Crippen LogP contribution in [0.5, 0.6) is 5.75 Å². The molecule has 3 rings (SSSR count). The standard InChI is InChI=1S/C23H30N4O5/c1-26(17-7-5-4-6-8-17)23(31)25-18(22(29)30)13-15-9-11-16(12-10-15)20-19(32-3)14-24-27(2)21(20)28/h9-12,14,17-18H,4-8,13H2,1-3H3,(H,25,31)(H,29,30)/t18-/m0/s1. The van der Waals surface area contributed by atoms with Crippen molar-refractivity contribution >= 4 is 12.0 Å². The van der Waals surface area contributed by atoms with Gasteiger partial charge in [-0.2, -0.15) is 5.10 Å². The van der Waals surface area contributed by atoms with E-state index in [1.165, 1.54) is 24.4 Å². The normalized spacial score (nSPS) is 15.1. The molecule has 0 saturated heterocycles. The van der Waals surface area contributed by atoms with Gasteiger partial charge in [-0.25, -0.2) is 14.3 Å². The zero-order valence-electron chi connectivity index (χ0n) is 18.7. The Morgan fingerprint density at radius 1 is 1.25 bits per heavy atom. The highest BCUT2D eigenvalue weighted by Gasteiger charge is 2.26. The van der Waals surface area contributed by atoms with Crippen molar-refractivity contribution in [3.8, 4) is 16.9 Å². The number of rotatable bonds is 7. The minimum atomic E-state index is -1.09. The lowest BCUT2D eigenvalue weighted by Gasteiger charge is -2.32. The Bertz CT molecular complexity index is 1010. The Hall–Kier alpha value is -3.36. The lowest BCUT2D eigenvalue weighted by atomic mass is 9.95. The highest BCUT2D eigenvalue weighted by molar-refractivity contribution is 5.83. The van der Waals surface area contributed by atoms with Crippen LogP contribution in [0.4, 0.5) is 4.79 Å². The SMILES string of the molecule is COc1cnn(C)c(=O)c1-c1ccc(C[C@H](NC(=O)N(C)C2CCCCC2)C(=O)O)cc1. The van der Waals surface area contributed by atoms with Crippen LogP contribution in [-0.2, 0) is 18.3 Å². The third-order valence-corrected chi connectivity index (χ3v) is 6.04. The molecule has 1 aliphatic carbocycles. The van der Waals surface area contributed by atoms with E-state index in [1.54, 1.807) is 43.3 Å². The van der Waals surface area contributed by atoms with E-state index in [-0.39, 0.29) is 24.1 Å². The lowest BCUT2D eigenvalue weighted by molar-refractivity contribution is -0.139. The number of carboxylic acids is 1. The van der Waals surface area contributed by atoms with E-state index in [4.69, 9.17) is 4.74 Å². The van der Waals surface area contributed by atoms with Crippen molar-refractivity contribution in [2.45, 2.75) is 50.6 Å². The van der Waals surface area contributed by atoms with Gasteiger partial charge in [0, 0.05) is 26.6 Å². The summed E-state index contributed by atoms with van der Waals surface area (Å²) in [5.41, 5.74) is 1.46. The van der Waals surface area contributed by atoms with Gasteiger partial charge in [-0.05, 0) is 24.0 Å². The van der Waals surface area contributed by atoms with Crippen LogP contribution in [0.25, 0.3) is 11.1 Å². The van der Waals surface area contributed by atoms with Crippen molar-refractivity contribution in [1.29, 1.82) is 0 Å². The smallest absolute Gasteiger partial charge is 0.326 e. The molecule has 1 heterocycles. The number of nitrogens with zero attached hydrogens (tertiary/aromatic N) is 3. The molecular formula is C23H30N4O5. The van der Waals surface area contributed by atoms with Crippen molar-refractivity contribution in [3.63, 3.8) is 0 Å². The van der Waals surface area contributed by atoms with E-state index in [0.29, 0.717) is 16.9 Å². The predicted octanol–water partition coefficient (Wildman–Crippen LogP) is 2.43. The Morgan fingerprint density at radius 2 is 1.91 bits per heavy atom. The number of aliphatic carboxylic acids is 1. The monoisotopic (exact) mass is 442 g/mol. The number of carboxylic acid groups (broad SMARTS) is 1. The first-order chi connectivity index (χ1) is 15.3. The number of benzene rings is 1. The van der Waals surface area contributed by atoms with E-state index in [9.17, 15) is 19.5 Å². The summed E-state index contributed by atoms with van der Waals surface area (Å²) in [4.78, 5) is 38.5. The second-order valence-electron chi connectivity index (χ2n) is 8.16. The summed E-state index contributed by atoms with van der Waals surface area (Å²) >= 11 is 0. The van der Waals surface area contributed by atoms with Gasteiger partial charge < -0.3 is 20.1 Å². The second-order valence-corrected chi connectivity index (χ2v) is 8.16.